The van der Waals surface area contributed by atoms with Gasteiger partial charge >= 0.3 is 0 Å². The maximum absolute atomic E-state index is 12.9. The predicted octanol–water partition coefficient (Wildman–Crippen LogP) is 3.94. The Morgan fingerprint density at radius 1 is 1.42 bits per heavy atom. The Kier molecular flexibility index (Phi) is 4.43. The number of nitrogens with one attached hydrogen (secondary N) is 1. The third-order valence-electron chi connectivity index (χ3n) is 2.73. The molecule has 2 aromatic rings. The molecule has 5 heteroatoms. The Balaban J connectivity index is 2.04. The summed E-state index contributed by atoms with van der Waals surface area (Å²) in [6, 6.07) is 4.41. The molecule has 102 valence electrons. The first-order valence-corrected chi connectivity index (χ1v) is 6.63. The molecule has 19 heavy (non-hydrogen) atoms. The fraction of sp³-hybridized carbons (Fsp3) is 0.357. The number of hydrogen-bond acceptors (Lipinski definition) is 2. The number of anilines is 1. The highest BCUT2D eigenvalue weighted by Gasteiger charge is 2.06. The van der Waals surface area contributed by atoms with Crippen LogP contribution in [0.25, 0.3) is 0 Å². The molecule has 1 heterocycles. The van der Waals surface area contributed by atoms with Crippen molar-refractivity contribution >= 4 is 17.5 Å². The molecular formula is C14H17ClFN3. The molecule has 0 atom stereocenters. The number of aromatic nitrogens is 2. The highest BCUT2D eigenvalue weighted by Crippen LogP contribution is 2.18. The highest BCUT2D eigenvalue weighted by molar-refractivity contribution is 6.31. The zero-order valence-corrected chi connectivity index (χ0v) is 11.8. The summed E-state index contributed by atoms with van der Waals surface area (Å²) < 4.78 is 15.0. The van der Waals surface area contributed by atoms with Gasteiger partial charge in [-0.1, -0.05) is 31.5 Å². The van der Waals surface area contributed by atoms with Crippen molar-refractivity contribution in [3.8, 4) is 0 Å². The van der Waals surface area contributed by atoms with Crippen molar-refractivity contribution in [2.75, 3.05) is 5.32 Å². The van der Waals surface area contributed by atoms with Gasteiger partial charge in [-0.2, -0.15) is 0 Å². The zero-order valence-electron chi connectivity index (χ0n) is 11.0. The summed E-state index contributed by atoms with van der Waals surface area (Å²) in [7, 11) is 0. The normalized spacial score (nSPS) is 11.0. The topological polar surface area (TPSA) is 29.9 Å². The van der Waals surface area contributed by atoms with E-state index in [1.807, 2.05) is 6.20 Å². The van der Waals surface area contributed by atoms with E-state index >= 15 is 0 Å². The van der Waals surface area contributed by atoms with Crippen LogP contribution in [-0.4, -0.2) is 9.55 Å². The third kappa shape index (κ3) is 3.70. The Bertz CT molecular complexity index is 551. The molecule has 0 fully saturated rings. The third-order valence-corrected chi connectivity index (χ3v) is 3.08. The van der Waals surface area contributed by atoms with Gasteiger partial charge in [0, 0.05) is 30.5 Å². The van der Waals surface area contributed by atoms with Crippen LogP contribution in [-0.2, 0) is 13.1 Å². The van der Waals surface area contributed by atoms with Gasteiger partial charge in [-0.3, -0.25) is 0 Å². The standard InChI is InChI=1S/C14H17ClFN3/c1-10(2)9-19-6-5-17-14(19)18-8-11-3-4-12(16)7-13(11)15/h3-7,10H,8-9H2,1-2H3,(H,17,18). The first kappa shape index (κ1) is 13.9. The number of rotatable bonds is 5. The molecular weight excluding hydrogens is 265 g/mol. The van der Waals surface area contributed by atoms with Gasteiger partial charge in [-0.25, -0.2) is 9.37 Å². The van der Waals surface area contributed by atoms with E-state index in [4.69, 9.17) is 11.6 Å². The first-order chi connectivity index (χ1) is 9.06. The molecule has 3 nitrogen and oxygen atoms in total. The van der Waals surface area contributed by atoms with Crippen molar-refractivity contribution in [3.05, 3.63) is 47.0 Å². The Morgan fingerprint density at radius 3 is 2.89 bits per heavy atom. The van der Waals surface area contributed by atoms with Crippen LogP contribution in [0.3, 0.4) is 0 Å². The van der Waals surface area contributed by atoms with Gasteiger partial charge in [-0.15, -0.1) is 0 Å². The molecule has 0 amide bonds. The summed E-state index contributed by atoms with van der Waals surface area (Å²) >= 11 is 5.99. The van der Waals surface area contributed by atoms with Crippen LogP contribution in [0.2, 0.25) is 5.02 Å². The van der Waals surface area contributed by atoms with Gasteiger partial charge in [0.2, 0.25) is 5.95 Å². The van der Waals surface area contributed by atoms with Crippen LogP contribution >= 0.6 is 11.6 Å². The van der Waals surface area contributed by atoms with Gasteiger partial charge in [0.05, 0.1) is 0 Å². The van der Waals surface area contributed by atoms with Gasteiger partial charge in [0.1, 0.15) is 5.82 Å². The summed E-state index contributed by atoms with van der Waals surface area (Å²) in [5.41, 5.74) is 0.849. The summed E-state index contributed by atoms with van der Waals surface area (Å²) in [5, 5.41) is 3.65. The smallest absolute Gasteiger partial charge is 0.203 e. The summed E-state index contributed by atoms with van der Waals surface area (Å²) in [4.78, 5) is 4.27. The highest BCUT2D eigenvalue weighted by atomic mass is 35.5. The molecule has 0 spiro atoms. The quantitative estimate of drug-likeness (QED) is 0.899. The second-order valence-corrected chi connectivity index (χ2v) is 5.29. The van der Waals surface area contributed by atoms with Crippen molar-refractivity contribution in [1.82, 2.24) is 9.55 Å². The van der Waals surface area contributed by atoms with Gasteiger partial charge < -0.3 is 9.88 Å². The Hall–Kier alpha value is -1.55. The lowest BCUT2D eigenvalue weighted by Crippen LogP contribution is -2.10. The molecule has 0 unspecified atom stereocenters. The van der Waals surface area contributed by atoms with Crippen LogP contribution in [0.1, 0.15) is 19.4 Å². The van der Waals surface area contributed by atoms with E-state index in [1.54, 1.807) is 12.3 Å². The summed E-state index contributed by atoms with van der Waals surface area (Å²) in [6.45, 7) is 5.73. The fourth-order valence-corrected chi connectivity index (χ4v) is 2.09. The first-order valence-electron chi connectivity index (χ1n) is 6.25. The molecule has 0 aliphatic heterocycles. The molecule has 0 aliphatic rings. The van der Waals surface area contributed by atoms with E-state index in [1.165, 1.54) is 12.1 Å². The second-order valence-electron chi connectivity index (χ2n) is 4.89. The molecule has 0 bridgehead atoms. The van der Waals surface area contributed by atoms with Gasteiger partial charge in [-0.05, 0) is 23.6 Å². The summed E-state index contributed by atoms with van der Waals surface area (Å²) in [6.07, 6.45) is 3.70. The van der Waals surface area contributed by atoms with E-state index in [2.05, 4.69) is 28.7 Å². The van der Waals surface area contributed by atoms with E-state index < -0.39 is 0 Å². The maximum atomic E-state index is 12.9. The number of halogens is 2. The van der Waals surface area contributed by atoms with E-state index in [-0.39, 0.29) is 5.82 Å². The van der Waals surface area contributed by atoms with Crippen molar-refractivity contribution in [2.24, 2.45) is 5.92 Å². The van der Waals surface area contributed by atoms with E-state index in [0.29, 0.717) is 17.5 Å². The monoisotopic (exact) mass is 281 g/mol. The van der Waals surface area contributed by atoms with Crippen molar-refractivity contribution in [3.63, 3.8) is 0 Å². The van der Waals surface area contributed by atoms with Crippen LogP contribution in [0.15, 0.2) is 30.6 Å². The average molecular weight is 282 g/mol. The number of imidazole rings is 1. The van der Waals surface area contributed by atoms with Crippen molar-refractivity contribution < 1.29 is 4.39 Å². The number of benzene rings is 1. The molecule has 0 saturated carbocycles. The van der Waals surface area contributed by atoms with Crippen LogP contribution < -0.4 is 5.32 Å². The molecule has 2 rings (SSSR count). The predicted molar refractivity (Wildman–Crippen MR) is 75.8 cm³/mol. The second kappa shape index (κ2) is 6.06. The molecule has 1 aromatic carbocycles. The van der Waals surface area contributed by atoms with Crippen LogP contribution in [0.4, 0.5) is 10.3 Å². The lowest BCUT2D eigenvalue weighted by molar-refractivity contribution is 0.526. The molecule has 1 N–H and O–H groups in total. The number of nitrogens with zero attached hydrogens (tertiary/aromatic N) is 2. The molecule has 0 saturated heterocycles. The lowest BCUT2D eigenvalue weighted by Gasteiger charge is -2.12. The van der Waals surface area contributed by atoms with Gasteiger partial charge in [0.15, 0.2) is 0 Å². The number of hydrogen-bond donors (Lipinski definition) is 1. The minimum absolute atomic E-state index is 0.324. The summed E-state index contributed by atoms with van der Waals surface area (Å²) in [5.74, 6) is 1.02. The van der Waals surface area contributed by atoms with Crippen LogP contribution in [0, 0.1) is 11.7 Å². The Morgan fingerprint density at radius 2 is 2.21 bits per heavy atom. The molecule has 0 aliphatic carbocycles. The average Bonchev–Trinajstić information content (AvgIpc) is 2.74. The maximum Gasteiger partial charge on any atom is 0.203 e. The zero-order chi connectivity index (χ0) is 13.8. The molecule has 1 aromatic heterocycles. The fourth-order valence-electron chi connectivity index (χ4n) is 1.86. The van der Waals surface area contributed by atoms with Gasteiger partial charge in [0.25, 0.3) is 0 Å². The van der Waals surface area contributed by atoms with E-state index in [0.717, 1.165) is 18.1 Å². The van der Waals surface area contributed by atoms with E-state index in [9.17, 15) is 4.39 Å². The van der Waals surface area contributed by atoms with Crippen LogP contribution in [0.5, 0.6) is 0 Å². The van der Waals surface area contributed by atoms with Crippen molar-refractivity contribution in [2.45, 2.75) is 26.9 Å². The van der Waals surface area contributed by atoms with Crippen molar-refractivity contribution in [1.29, 1.82) is 0 Å². The largest absolute Gasteiger partial charge is 0.352 e. The SMILES string of the molecule is CC(C)Cn1ccnc1NCc1ccc(F)cc1Cl. The lowest BCUT2D eigenvalue weighted by atomic mass is 10.2. The Labute approximate surface area is 117 Å². The minimum Gasteiger partial charge on any atom is -0.352 e. The molecule has 0 radical (unpaired) electrons. The minimum atomic E-state index is -0.324.